The number of sulfonamides is 1. The van der Waals surface area contributed by atoms with Crippen LogP contribution < -0.4 is 10.5 Å². The molecule has 0 saturated carbocycles. The Morgan fingerprint density at radius 3 is 2.75 bits per heavy atom. The Bertz CT molecular complexity index is 728. The highest BCUT2D eigenvalue weighted by atomic mass is 32.2. The molecule has 106 valence electrons. The van der Waals surface area contributed by atoms with Crippen LogP contribution in [0.15, 0.2) is 39.9 Å². The molecule has 1 amide bonds. The summed E-state index contributed by atoms with van der Waals surface area (Å²) in [6.07, 6.45) is 1.32. The van der Waals surface area contributed by atoms with Gasteiger partial charge in [-0.25, -0.2) is 17.9 Å². The van der Waals surface area contributed by atoms with Crippen LogP contribution >= 0.6 is 0 Å². The van der Waals surface area contributed by atoms with Crippen LogP contribution in [0, 0.1) is 5.82 Å². The van der Waals surface area contributed by atoms with E-state index in [0.717, 1.165) is 18.2 Å². The Labute approximate surface area is 113 Å². The lowest BCUT2D eigenvalue weighted by atomic mass is 10.2. The predicted molar refractivity (Wildman–Crippen MR) is 65.4 cm³/mol. The van der Waals surface area contributed by atoms with Crippen LogP contribution in [0.3, 0.4) is 0 Å². The summed E-state index contributed by atoms with van der Waals surface area (Å²) < 4.78 is 40.4. The highest BCUT2D eigenvalue weighted by Crippen LogP contribution is 2.14. The molecule has 3 N–H and O–H groups in total. The summed E-state index contributed by atoms with van der Waals surface area (Å²) in [7, 11) is -4.01. The number of rotatable bonds is 4. The fraction of sp³-hybridized carbons (Fsp3) is 0.0909. The third-order valence-electron chi connectivity index (χ3n) is 2.43. The lowest BCUT2D eigenvalue weighted by molar-refractivity contribution is 0.0946. The van der Waals surface area contributed by atoms with Crippen molar-refractivity contribution in [2.45, 2.75) is 11.4 Å². The van der Waals surface area contributed by atoms with Gasteiger partial charge < -0.3 is 9.84 Å². The van der Waals surface area contributed by atoms with Gasteiger partial charge in [0.2, 0.25) is 10.0 Å². The first kappa shape index (κ1) is 14.2. The van der Waals surface area contributed by atoms with Crippen LogP contribution in [0.25, 0.3) is 0 Å². The van der Waals surface area contributed by atoms with Crippen molar-refractivity contribution < 1.29 is 22.1 Å². The second kappa shape index (κ2) is 5.39. The van der Waals surface area contributed by atoms with Gasteiger partial charge in [-0.1, -0.05) is 5.16 Å². The van der Waals surface area contributed by atoms with Gasteiger partial charge in [-0.2, -0.15) is 0 Å². The maximum Gasteiger partial charge on any atom is 0.254 e. The Morgan fingerprint density at radius 1 is 1.40 bits per heavy atom. The predicted octanol–water partition coefficient (Wildman–Crippen LogP) is 0.391. The van der Waals surface area contributed by atoms with Crippen LogP contribution in [0.4, 0.5) is 4.39 Å². The van der Waals surface area contributed by atoms with Crippen LogP contribution in [0.5, 0.6) is 0 Å². The molecule has 2 rings (SSSR count). The molecule has 0 saturated heterocycles. The molecule has 0 fully saturated rings. The topological polar surface area (TPSA) is 115 Å². The average molecular weight is 299 g/mol. The number of primary sulfonamides is 1. The van der Waals surface area contributed by atoms with Crippen LogP contribution in [-0.2, 0) is 16.6 Å². The number of nitrogens with two attached hydrogens (primary N) is 1. The molecule has 1 aromatic carbocycles. The summed E-state index contributed by atoms with van der Waals surface area (Å²) in [6.45, 7) is 0.0222. The van der Waals surface area contributed by atoms with E-state index in [4.69, 9.17) is 5.14 Å². The maximum atomic E-state index is 13.5. The zero-order valence-electron chi connectivity index (χ0n) is 10.0. The largest absolute Gasteiger partial charge is 0.364 e. The molecule has 9 heteroatoms. The molecule has 20 heavy (non-hydrogen) atoms. The molecule has 1 aromatic heterocycles. The Balaban J connectivity index is 2.21. The molecule has 7 nitrogen and oxygen atoms in total. The number of halogens is 1. The smallest absolute Gasteiger partial charge is 0.254 e. The third-order valence-corrected chi connectivity index (χ3v) is 3.34. The average Bonchev–Trinajstić information content (AvgIpc) is 2.88. The summed E-state index contributed by atoms with van der Waals surface area (Å²) in [5, 5.41) is 10.9. The van der Waals surface area contributed by atoms with E-state index in [9.17, 15) is 17.6 Å². The van der Waals surface area contributed by atoms with E-state index in [0.29, 0.717) is 5.69 Å². The number of amides is 1. The van der Waals surface area contributed by atoms with Gasteiger partial charge in [-0.05, 0) is 18.2 Å². The molecule has 0 aliphatic heterocycles. The van der Waals surface area contributed by atoms with Gasteiger partial charge in [0.05, 0.1) is 17.0 Å². The highest BCUT2D eigenvalue weighted by molar-refractivity contribution is 7.89. The Hall–Kier alpha value is -2.26. The Kier molecular flexibility index (Phi) is 3.81. The molecule has 0 spiro atoms. The maximum absolute atomic E-state index is 13.5. The van der Waals surface area contributed by atoms with E-state index in [-0.39, 0.29) is 11.4 Å². The molecular weight excluding hydrogens is 289 g/mol. The van der Waals surface area contributed by atoms with Crippen molar-refractivity contribution in [3.63, 3.8) is 0 Å². The van der Waals surface area contributed by atoms with E-state index >= 15 is 0 Å². The molecule has 0 atom stereocenters. The molecule has 0 bridgehead atoms. The number of carbonyl (C=O) groups is 1. The van der Waals surface area contributed by atoms with Crippen molar-refractivity contribution in [2.24, 2.45) is 5.14 Å². The number of benzene rings is 1. The highest BCUT2D eigenvalue weighted by Gasteiger charge is 2.16. The number of carbonyl (C=O) groups excluding carboxylic acids is 1. The number of aromatic nitrogens is 1. The standard InChI is InChI=1S/C11H10FN3O4S/c12-10-2-1-8(20(13,17)18)5-9(10)11(16)14-6-7-3-4-19-15-7/h1-5H,6H2,(H,14,16)(H2,13,17,18). The first-order valence-corrected chi connectivity index (χ1v) is 6.92. The number of nitrogens with one attached hydrogen (secondary N) is 1. The van der Waals surface area contributed by atoms with Gasteiger partial charge in [0.25, 0.3) is 5.91 Å². The first-order valence-electron chi connectivity index (χ1n) is 5.38. The minimum Gasteiger partial charge on any atom is -0.364 e. The zero-order chi connectivity index (χ0) is 14.8. The van der Waals surface area contributed by atoms with E-state index in [1.807, 2.05) is 0 Å². The minimum atomic E-state index is -4.01. The van der Waals surface area contributed by atoms with E-state index in [1.165, 1.54) is 12.3 Å². The van der Waals surface area contributed by atoms with Crippen LogP contribution in [-0.4, -0.2) is 19.5 Å². The first-order chi connectivity index (χ1) is 9.38. The fourth-order valence-corrected chi connectivity index (χ4v) is 1.99. The Morgan fingerprint density at radius 2 is 2.15 bits per heavy atom. The van der Waals surface area contributed by atoms with Crippen molar-refractivity contribution in [1.82, 2.24) is 10.5 Å². The van der Waals surface area contributed by atoms with E-state index in [2.05, 4.69) is 15.0 Å². The van der Waals surface area contributed by atoms with Gasteiger partial charge in [-0.15, -0.1) is 0 Å². The molecule has 1 heterocycles. The monoisotopic (exact) mass is 299 g/mol. The van der Waals surface area contributed by atoms with Crippen molar-refractivity contribution >= 4 is 15.9 Å². The molecule has 0 radical (unpaired) electrons. The van der Waals surface area contributed by atoms with Crippen molar-refractivity contribution in [1.29, 1.82) is 0 Å². The summed E-state index contributed by atoms with van der Waals surface area (Å²) in [4.78, 5) is 11.5. The minimum absolute atomic E-state index is 0.0222. The second-order valence-corrected chi connectivity index (χ2v) is 5.42. The molecule has 2 aromatic rings. The molecule has 0 unspecified atom stereocenters. The van der Waals surface area contributed by atoms with E-state index < -0.39 is 27.3 Å². The molecular formula is C11H10FN3O4S. The van der Waals surface area contributed by atoms with Crippen molar-refractivity contribution in [3.05, 3.63) is 47.6 Å². The third kappa shape index (κ3) is 3.19. The van der Waals surface area contributed by atoms with Crippen LogP contribution in [0.1, 0.15) is 16.1 Å². The summed E-state index contributed by atoms with van der Waals surface area (Å²) in [6, 6.07) is 4.25. The lowest BCUT2D eigenvalue weighted by Crippen LogP contribution is -2.24. The zero-order valence-corrected chi connectivity index (χ0v) is 10.9. The number of nitrogens with zero attached hydrogens (tertiary/aromatic N) is 1. The summed E-state index contributed by atoms with van der Waals surface area (Å²) >= 11 is 0. The number of hydrogen-bond donors (Lipinski definition) is 2. The number of hydrogen-bond acceptors (Lipinski definition) is 5. The quantitative estimate of drug-likeness (QED) is 0.847. The normalized spacial score (nSPS) is 11.3. The summed E-state index contributed by atoms with van der Waals surface area (Å²) in [5.74, 6) is -1.63. The van der Waals surface area contributed by atoms with E-state index in [1.54, 1.807) is 0 Å². The summed E-state index contributed by atoms with van der Waals surface area (Å²) in [5.41, 5.74) is 0.0291. The fourth-order valence-electron chi connectivity index (χ4n) is 1.45. The van der Waals surface area contributed by atoms with Gasteiger partial charge in [0, 0.05) is 6.07 Å². The lowest BCUT2D eigenvalue weighted by Gasteiger charge is -2.06. The van der Waals surface area contributed by atoms with Gasteiger partial charge >= 0.3 is 0 Å². The van der Waals surface area contributed by atoms with Crippen LogP contribution in [0.2, 0.25) is 0 Å². The molecule has 0 aliphatic rings. The molecule has 0 aliphatic carbocycles. The van der Waals surface area contributed by atoms with Gasteiger partial charge in [0.15, 0.2) is 0 Å². The van der Waals surface area contributed by atoms with Gasteiger partial charge in [0.1, 0.15) is 17.8 Å². The SMILES string of the molecule is NS(=O)(=O)c1ccc(F)c(C(=O)NCc2ccon2)c1. The second-order valence-electron chi connectivity index (χ2n) is 3.86. The van der Waals surface area contributed by atoms with Gasteiger partial charge in [-0.3, -0.25) is 4.79 Å². The van der Waals surface area contributed by atoms with Crippen molar-refractivity contribution in [3.8, 4) is 0 Å². The van der Waals surface area contributed by atoms with Crippen molar-refractivity contribution in [2.75, 3.05) is 0 Å².